The van der Waals surface area contributed by atoms with E-state index >= 15 is 0 Å². The number of hydrogen-bond donors (Lipinski definition) is 2. The number of nitrogens with two attached hydrogens (primary N) is 1. The van der Waals surface area contributed by atoms with Crippen LogP contribution in [-0.4, -0.2) is 16.5 Å². The molecule has 0 saturated heterocycles. The molecule has 0 amide bonds. The lowest BCUT2D eigenvalue weighted by Gasteiger charge is -2.07. The van der Waals surface area contributed by atoms with E-state index in [1.807, 2.05) is 0 Å². The lowest BCUT2D eigenvalue weighted by molar-refractivity contribution is 0.495. The summed E-state index contributed by atoms with van der Waals surface area (Å²) >= 11 is 0. The fraction of sp³-hybridized carbons (Fsp3) is 0.500. The highest BCUT2D eigenvalue weighted by atomic mass is 14.9. The van der Waals surface area contributed by atoms with Gasteiger partial charge in [0.2, 0.25) is 0 Å². The average Bonchev–Trinajstić information content (AvgIpc) is 2.71. The van der Waals surface area contributed by atoms with E-state index in [-0.39, 0.29) is 0 Å². The molecule has 3 heteroatoms. The van der Waals surface area contributed by atoms with Gasteiger partial charge in [0.1, 0.15) is 5.82 Å². The molecule has 0 fully saturated rings. The van der Waals surface area contributed by atoms with Crippen LogP contribution in [0.15, 0.2) is 18.2 Å². The van der Waals surface area contributed by atoms with E-state index in [2.05, 4.69) is 42.0 Å². The smallest absolute Gasteiger partial charge is 0.107 e. The summed E-state index contributed by atoms with van der Waals surface area (Å²) in [6, 6.07) is 6.25. The number of benzene rings is 1. The van der Waals surface area contributed by atoms with Crippen LogP contribution in [0.3, 0.4) is 0 Å². The van der Waals surface area contributed by atoms with E-state index in [1.54, 1.807) is 0 Å². The van der Waals surface area contributed by atoms with Crippen LogP contribution in [0.5, 0.6) is 0 Å². The largest absolute Gasteiger partial charge is 0.342 e. The number of nitrogens with one attached hydrogen (secondary N) is 1. The molecule has 0 bridgehead atoms. The van der Waals surface area contributed by atoms with Crippen molar-refractivity contribution in [2.24, 2.45) is 11.7 Å². The molecule has 1 heterocycles. The summed E-state index contributed by atoms with van der Waals surface area (Å²) in [6.45, 7) is 5.13. The molecule has 0 spiro atoms. The van der Waals surface area contributed by atoms with Crippen LogP contribution in [-0.2, 0) is 6.42 Å². The first-order valence-corrected chi connectivity index (χ1v) is 6.35. The zero-order valence-electron chi connectivity index (χ0n) is 10.7. The van der Waals surface area contributed by atoms with Crippen molar-refractivity contribution in [3.8, 4) is 0 Å². The summed E-state index contributed by atoms with van der Waals surface area (Å²) in [6.07, 6.45) is 3.25. The van der Waals surface area contributed by atoms with Gasteiger partial charge in [-0.3, -0.25) is 0 Å². The van der Waals surface area contributed by atoms with Crippen molar-refractivity contribution >= 4 is 11.0 Å². The molecule has 0 aliphatic heterocycles. The van der Waals surface area contributed by atoms with Gasteiger partial charge in [-0.15, -0.1) is 0 Å². The molecule has 0 saturated carbocycles. The SMILES string of the molecule is Cc1cccc2[nH]c(CCC(C)CCN)nc12. The van der Waals surface area contributed by atoms with Crippen LogP contribution in [0.25, 0.3) is 11.0 Å². The molecule has 1 aromatic heterocycles. The van der Waals surface area contributed by atoms with Gasteiger partial charge in [0.15, 0.2) is 0 Å². The molecule has 3 nitrogen and oxygen atoms in total. The van der Waals surface area contributed by atoms with Crippen molar-refractivity contribution in [1.82, 2.24) is 9.97 Å². The lowest BCUT2D eigenvalue weighted by Crippen LogP contribution is -2.06. The number of para-hydroxylation sites is 1. The summed E-state index contributed by atoms with van der Waals surface area (Å²) in [5, 5.41) is 0. The van der Waals surface area contributed by atoms with Gasteiger partial charge in [-0.2, -0.15) is 0 Å². The van der Waals surface area contributed by atoms with E-state index in [1.165, 1.54) is 5.56 Å². The number of fused-ring (bicyclic) bond motifs is 1. The number of H-pyrrole nitrogens is 1. The number of imidazole rings is 1. The molecule has 2 aromatic rings. The number of aromatic nitrogens is 2. The molecule has 0 aliphatic rings. The summed E-state index contributed by atoms with van der Waals surface area (Å²) in [7, 11) is 0. The lowest BCUT2D eigenvalue weighted by atomic mass is 10.0. The highest BCUT2D eigenvalue weighted by molar-refractivity contribution is 5.78. The summed E-state index contributed by atoms with van der Waals surface area (Å²) in [5.41, 5.74) is 9.04. The molecular formula is C14H21N3. The van der Waals surface area contributed by atoms with Gasteiger partial charge in [-0.25, -0.2) is 4.98 Å². The standard InChI is InChI=1S/C14H21N3/c1-10(8-9-15)6-7-13-16-12-5-3-4-11(2)14(12)17-13/h3-5,10H,6-9,15H2,1-2H3,(H,16,17). The second kappa shape index (κ2) is 5.32. The van der Waals surface area contributed by atoms with Gasteiger partial charge in [-0.1, -0.05) is 19.1 Å². The van der Waals surface area contributed by atoms with Gasteiger partial charge < -0.3 is 10.7 Å². The molecular weight excluding hydrogens is 210 g/mol. The Kier molecular flexibility index (Phi) is 3.79. The summed E-state index contributed by atoms with van der Waals surface area (Å²) < 4.78 is 0. The van der Waals surface area contributed by atoms with Crippen LogP contribution >= 0.6 is 0 Å². The minimum absolute atomic E-state index is 0.675. The molecule has 3 N–H and O–H groups in total. The van der Waals surface area contributed by atoms with Crippen molar-refractivity contribution < 1.29 is 0 Å². The Bertz CT molecular complexity index is 487. The van der Waals surface area contributed by atoms with E-state index in [9.17, 15) is 0 Å². The number of rotatable bonds is 5. The summed E-state index contributed by atoms with van der Waals surface area (Å²) in [5.74, 6) is 1.77. The minimum Gasteiger partial charge on any atom is -0.342 e. The third-order valence-electron chi connectivity index (χ3n) is 3.30. The normalized spacial score (nSPS) is 13.1. The van der Waals surface area contributed by atoms with E-state index in [0.717, 1.165) is 42.7 Å². The number of aromatic amines is 1. The van der Waals surface area contributed by atoms with Crippen molar-refractivity contribution in [2.75, 3.05) is 6.54 Å². The first kappa shape index (κ1) is 12.1. The summed E-state index contributed by atoms with van der Waals surface area (Å²) in [4.78, 5) is 8.05. The molecule has 2 rings (SSSR count). The topological polar surface area (TPSA) is 54.7 Å². The number of hydrogen-bond acceptors (Lipinski definition) is 2. The van der Waals surface area contributed by atoms with Crippen LogP contribution in [0.2, 0.25) is 0 Å². The van der Waals surface area contributed by atoms with Crippen LogP contribution < -0.4 is 5.73 Å². The Morgan fingerprint density at radius 2 is 2.18 bits per heavy atom. The van der Waals surface area contributed by atoms with Gasteiger partial charge in [-0.05, 0) is 43.9 Å². The number of nitrogens with zero attached hydrogens (tertiary/aromatic N) is 1. The predicted molar refractivity (Wildman–Crippen MR) is 72.0 cm³/mol. The second-order valence-corrected chi connectivity index (χ2v) is 4.88. The maximum absolute atomic E-state index is 5.56. The van der Waals surface area contributed by atoms with Crippen LogP contribution in [0.4, 0.5) is 0 Å². The van der Waals surface area contributed by atoms with E-state index in [4.69, 9.17) is 5.73 Å². The maximum Gasteiger partial charge on any atom is 0.107 e. The average molecular weight is 231 g/mol. The van der Waals surface area contributed by atoms with Gasteiger partial charge in [0.25, 0.3) is 0 Å². The van der Waals surface area contributed by atoms with Crippen LogP contribution in [0, 0.1) is 12.8 Å². The molecule has 0 radical (unpaired) electrons. The molecule has 1 atom stereocenters. The molecule has 17 heavy (non-hydrogen) atoms. The third kappa shape index (κ3) is 2.86. The van der Waals surface area contributed by atoms with Gasteiger partial charge >= 0.3 is 0 Å². The van der Waals surface area contributed by atoms with Crippen molar-refractivity contribution in [2.45, 2.75) is 33.1 Å². The van der Waals surface area contributed by atoms with E-state index in [0.29, 0.717) is 5.92 Å². The first-order chi connectivity index (χ1) is 8.20. The zero-order chi connectivity index (χ0) is 12.3. The second-order valence-electron chi connectivity index (χ2n) is 4.88. The van der Waals surface area contributed by atoms with Crippen LogP contribution in [0.1, 0.15) is 31.2 Å². The fourth-order valence-electron chi connectivity index (χ4n) is 2.16. The van der Waals surface area contributed by atoms with Gasteiger partial charge in [0.05, 0.1) is 11.0 Å². The van der Waals surface area contributed by atoms with Crippen molar-refractivity contribution in [1.29, 1.82) is 0 Å². The Morgan fingerprint density at radius 3 is 2.88 bits per heavy atom. The molecule has 1 unspecified atom stereocenters. The maximum atomic E-state index is 5.56. The Balaban J connectivity index is 2.07. The monoisotopic (exact) mass is 231 g/mol. The Labute approximate surface area is 102 Å². The molecule has 1 aromatic carbocycles. The Morgan fingerprint density at radius 1 is 1.35 bits per heavy atom. The van der Waals surface area contributed by atoms with Crippen molar-refractivity contribution in [3.63, 3.8) is 0 Å². The minimum atomic E-state index is 0.675. The predicted octanol–water partition coefficient (Wildman–Crippen LogP) is 2.79. The van der Waals surface area contributed by atoms with E-state index < -0.39 is 0 Å². The Hall–Kier alpha value is -1.35. The number of aryl methyl sites for hydroxylation is 2. The van der Waals surface area contributed by atoms with Gasteiger partial charge in [0, 0.05) is 6.42 Å². The first-order valence-electron chi connectivity index (χ1n) is 6.35. The quantitative estimate of drug-likeness (QED) is 0.831. The van der Waals surface area contributed by atoms with Crippen molar-refractivity contribution in [3.05, 3.63) is 29.6 Å². The highest BCUT2D eigenvalue weighted by Gasteiger charge is 2.06. The highest BCUT2D eigenvalue weighted by Crippen LogP contribution is 2.17. The molecule has 92 valence electrons. The fourth-order valence-corrected chi connectivity index (χ4v) is 2.16. The zero-order valence-corrected chi connectivity index (χ0v) is 10.7. The third-order valence-corrected chi connectivity index (χ3v) is 3.30. The molecule has 0 aliphatic carbocycles.